The minimum Gasteiger partial charge on any atom is -0.550 e. The predicted octanol–water partition coefficient (Wildman–Crippen LogP) is -10.3. The normalized spacial score (nSPS) is 11.7. The third-order valence-corrected chi connectivity index (χ3v) is 2.31. The van der Waals surface area contributed by atoms with Crippen molar-refractivity contribution in [3.8, 4) is 0 Å². The van der Waals surface area contributed by atoms with Crippen molar-refractivity contribution in [3.05, 3.63) is 0 Å². The van der Waals surface area contributed by atoms with Crippen LogP contribution in [0.4, 0.5) is 0 Å². The molecule has 2 amide bonds. The molecule has 0 rings (SSSR count). The fraction of sp³-hybridized carbons (Fsp3) is 0.545. The number of rotatable bonds is 9. The van der Waals surface area contributed by atoms with Crippen LogP contribution < -0.4 is 80.0 Å². The molecule has 10 nitrogen and oxygen atoms in total. The number of carboxylic acid groups (broad SMARTS) is 3. The minimum atomic E-state index is -1.73. The number of aliphatic carboxylic acids is 3. The van der Waals surface area contributed by atoms with Crippen molar-refractivity contribution in [1.82, 2.24) is 10.6 Å². The summed E-state index contributed by atoms with van der Waals surface area (Å²) in [5.74, 6) is -6.39. The molecule has 23 heavy (non-hydrogen) atoms. The molecule has 0 aliphatic rings. The van der Waals surface area contributed by atoms with Gasteiger partial charge >= 0.3 is 65.1 Å². The predicted molar refractivity (Wildman–Crippen MR) is 61.0 cm³/mol. The Labute approximate surface area is 176 Å². The number of carbonyl (C=O) groups is 5. The van der Waals surface area contributed by atoms with E-state index in [1.165, 1.54) is 0 Å². The van der Waals surface area contributed by atoms with E-state index >= 15 is 0 Å². The van der Waals surface area contributed by atoms with Gasteiger partial charge in [0, 0.05) is 12.9 Å². The zero-order valence-electron chi connectivity index (χ0n) is 13.1. The second-order valence-electron chi connectivity index (χ2n) is 4.14. The molecule has 0 aromatic rings. The Hall–Kier alpha value is -0.650. The fourth-order valence-corrected chi connectivity index (χ4v) is 1.41. The number of hydrogen-bond donors (Lipinski definition) is 3. The van der Waals surface area contributed by atoms with Crippen LogP contribution >= 0.6 is 0 Å². The first-order valence-electron chi connectivity index (χ1n) is 5.83. The van der Waals surface area contributed by atoms with Gasteiger partial charge in [-0.1, -0.05) is 0 Å². The van der Waals surface area contributed by atoms with Crippen molar-refractivity contribution in [3.63, 3.8) is 0 Å². The van der Waals surface area contributed by atoms with Crippen LogP contribution in [0.5, 0.6) is 0 Å². The van der Waals surface area contributed by atoms with Gasteiger partial charge in [0.25, 0.3) is 0 Å². The molecule has 12 heteroatoms. The molecule has 0 aromatic heterocycles. The van der Waals surface area contributed by atoms with Gasteiger partial charge in [0.05, 0.1) is 18.4 Å². The zero-order valence-corrected chi connectivity index (χ0v) is 17.1. The summed E-state index contributed by atoms with van der Waals surface area (Å²) in [6.45, 7) is 1.05. The van der Waals surface area contributed by atoms with Gasteiger partial charge in [-0.3, -0.25) is 14.4 Å². The Morgan fingerprint density at radius 2 is 1.52 bits per heavy atom. The summed E-state index contributed by atoms with van der Waals surface area (Å²) in [6, 6.07) is -3.12. The van der Waals surface area contributed by atoms with Gasteiger partial charge in [0.1, 0.15) is 6.04 Å². The smallest absolute Gasteiger partial charge is 0.550 e. The zero-order chi connectivity index (χ0) is 16.6. The van der Waals surface area contributed by atoms with Gasteiger partial charge < -0.3 is 35.5 Å². The Bertz CT molecular complexity index is 441. The van der Waals surface area contributed by atoms with E-state index in [2.05, 4.69) is 0 Å². The SMILES string of the molecule is CC(=O)N[C@@H](CC(=O)O)C(=O)N[C@@H](CCC(=O)[O-])C(=O)[O-].[Na+].[Na+]. The molecule has 0 heterocycles. The van der Waals surface area contributed by atoms with Gasteiger partial charge in [-0.05, 0) is 12.8 Å². The van der Waals surface area contributed by atoms with E-state index in [-0.39, 0.29) is 59.1 Å². The largest absolute Gasteiger partial charge is 1.00 e. The third-order valence-electron chi connectivity index (χ3n) is 2.31. The standard InChI is InChI=1S/C11H16N2O8.2Na/c1-5(14)12-7(4-9(17)18)10(19)13-6(11(20)21)2-3-8(15)16;;/h6-7H,2-4H2,1H3,(H,12,14)(H,13,19)(H,15,16)(H,17,18)(H,20,21);;/q;2*+1/p-2/t6-,7-;;/m0../s1. The first-order valence-corrected chi connectivity index (χ1v) is 5.83. The van der Waals surface area contributed by atoms with Crippen molar-refractivity contribution >= 4 is 29.7 Å². The number of carboxylic acids is 3. The minimum absolute atomic E-state index is 0. The van der Waals surface area contributed by atoms with Crippen molar-refractivity contribution in [2.24, 2.45) is 0 Å². The van der Waals surface area contributed by atoms with Crippen LogP contribution in [-0.2, 0) is 24.0 Å². The summed E-state index contributed by atoms with van der Waals surface area (Å²) in [7, 11) is 0. The molecule has 0 aromatic carbocycles. The van der Waals surface area contributed by atoms with Crippen LogP contribution in [0.15, 0.2) is 0 Å². The summed E-state index contributed by atoms with van der Waals surface area (Å²) in [6.07, 6.45) is -1.88. The van der Waals surface area contributed by atoms with E-state index < -0.39 is 61.1 Å². The van der Waals surface area contributed by atoms with Crippen molar-refractivity contribution < 1.29 is 98.4 Å². The summed E-state index contributed by atoms with van der Waals surface area (Å²) >= 11 is 0. The maximum atomic E-state index is 11.7. The molecule has 3 N–H and O–H groups in total. The molecule has 118 valence electrons. The van der Waals surface area contributed by atoms with Crippen LogP contribution in [0.25, 0.3) is 0 Å². The second kappa shape index (κ2) is 13.8. The van der Waals surface area contributed by atoms with Crippen LogP contribution in [0.2, 0.25) is 0 Å². The van der Waals surface area contributed by atoms with Crippen LogP contribution in [0.1, 0.15) is 26.2 Å². The number of carbonyl (C=O) groups excluding carboxylic acids is 4. The quantitative estimate of drug-likeness (QED) is 0.344. The molecule has 0 saturated heterocycles. The second-order valence-corrected chi connectivity index (χ2v) is 4.14. The molecule has 0 bridgehead atoms. The Morgan fingerprint density at radius 3 is 1.87 bits per heavy atom. The number of nitrogens with one attached hydrogen (secondary N) is 2. The van der Waals surface area contributed by atoms with Crippen molar-refractivity contribution in [2.45, 2.75) is 38.3 Å². The van der Waals surface area contributed by atoms with Gasteiger partial charge in [0.15, 0.2) is 0 Å². The van der Waals surface area contributed by atoms with E-state index in [4.69, 9.17) is 5.11 Å². The molecule has 0 radical (unpaired) electrons. The average Bonchev–Trinajstić information content (AvgIpc) is 2.31. The van der Waals surface area contributed by atoms with Gasteiger partial charge in [-0.2, -0.15) is 0 Å². The molecule has 0 unspecified atom stereocenters. The molecule has 2 atom stereocenters. The Morgan fingerprint density at radius 1 is 1.00 bits per heavy atom. The van der Waals surface area contributed by atoms with Crippen LogP contribution in [-0.4, -0.2) is 46.9 Å². The van der Waals surface area contributed by atoms with Crippen LogP contribution in [0, 0.1) is 0 Å². The third kappa shape index (κ3) is 13.5. The van der Waals surface area contributed by atoms with Gasteiger partial charge in [0.2, 0.25) is 11.8 Å². The van der Waals surface area contributed by atoms with E-state index in [0.29, 0.717) is 0 Å². The molecule has 0 saturated carbocycles. The topological polar surface area (TPSA) is 176 Å². The molecule has 0 spiro atoms. The van der Waals surface area contributed by atoms with E-state index in [1.807, 2.05) is 10.6 Å². The summed E-state index contributed by atoms with van der Waals surface area (Å²) in [5, 5.41) is 33.6. The maximum Gasteiger partial charge on any atom is 1.00 e. The molecule has 0 aliphatic carbocycles. The van der Waals surface area contributed by atoms with E-state index in [0.717, 1.165) is 6.92 Å². The Balaban J connectivity index is -0.00000200. The van der Waals surface area contributed by atoms with Gasteiger partial charge in [-0.25, -0.2) is 0 Å². The number of amides is 2. The van der Waals surface area contributed by atoms with Crippen LogP contribution in [0.3, 0.4) is 0 Å². The average molecular weight is 348 g/mol. The summed E-state index contributed by atoms with van der Waals surface area (Å²) in [4.78, 5) is 54.2. The summed E-state index contributed by atoms with van der Waals surface area (Å²) < 4.78 is 0. The van der Waals surface area contributed by atoms with E-state index in [1.54, 1.807) is 0 Å². The molecule has 0 fully saturated rings. The molecular weight excluding hydrogens is 334 g/mol. The van der Waals surface area contributed by atoms with Crippen molar-refractivity contribution in [1.29, 1.82) is 0 Å². The maximum absolute atomic E-state index is 11.7. The summed E-state index contributed by atoms with van der Waals surface area (Å²) in [5.41, 5.74) is 0. The number of hydrogen-bond acceptors (Lipinski definition) is 7. The van der Waals surface area contributed by atoms with E-state index in [9.17, 15) is 34.2 Å². The molecular formula is C11H14N2Na2O8. The fourth-order valence-electron chi connectivity index (χ4n) is 1.41. The molecule has 0 aliphatic heterocycles. The van der Waals surface area contributed by atoms with Gasteiger partial charge in [-0.15, -0.1) is 0 Å². The Kier molecular flexibility index (Phi) is 16.3. The monoisotopic (exact) mass is 348 g/mol. The first-order chi connectivity index (χ1) is 9.63. The van der Waals surface area contributed by atoms with Crippen molar-refractivity contribution in [2.75, 3.05) is 0 Å². The first kappa shape index (κ1) is 27.2.